The van der Waals surface area contributed by atoms with Gasteiger partial charge in [-0.1, -0.05) is 68.4 Å². The van der Waals surface area contributed by atoms with Gasteiger partial charge < -0.3 is 9.80 Å². The Bertz CT molecular complexity index is 959. The Labute approximate surface area is 149 Å². The predicted octanol–water partition coefficient (Wildman–Crippen LogP) is 5.56. The first-order chi connectivity index (χ1) is 12.1. The fraction of sp³-hybridized carbons (Fsp3) is 0.217. The topological polar surface area (TPSA) is 6.48 Å². The normalized spacial score (nSPS) is 19.6. The van der Waals surface area contributed by atoms with Crippen LogP contribution in [0.25, 0.3) is 11.1 Å². The standard InChI is InChI=1S/C23H22N2/c1-23(2)18-14-13-17(16-9-5-4-6-10-16)15-21(18)25-20-12-8-7-11-19(20)24(3)22(23)25/h4-15,22H,1-3H3. The molecule has 2 heterocycles. The maximum absolute atomic E-state index is 2.52. The van der Waals surface area contributed by atoms with Crippen molar-refractivity contribution in [1.82, 2.24) is 0 Å². The van der Waals surface area contributed by atoms with Gasteiger partial charge in [0, 0.05) is 18.2 Å². The lowest BCUT2D eigenvalue weighted by molar-refractivity contribution is 0.442. The number of para-hydroxylation sites is 2. The van der Waals surface area contributed by atoms with Gasteiger partial charge in [-0.3, -0.25) is 0 Å². The van der Waals surface area contributed by atoms with E-state index in [-0.39, 0.29) is 5.41 Å². The number of likely N-dealkylation sites (N-methyl/N-ethyl adjacent to an activating group) is 1. The molecule has 3 aromatic rings. The van der Waals surface area contributed by atoms with Gasteiger partial charge in [0.2, 0.25) is 0 Å². The molecule has 2 heteroatoms. The van der Waals surface area contributed by atoms with Gasteiger partial charge in [-0.15, -0.1) is 0 Å². The van der Waals surface area contributed by atoms with Gasteiger partial charge in [0.1, 0.15) is 6.17 Å². The van der Waals surface area contributed by atoms with Crippen LogP contribution in [0, 0.1) is 0 Å². The van der Waals surface area contributed by atoms with Crippen molar-refractivity contribution in [2.24, 2.45) is 0 Å². The summed E-state index contributed by atoms with van der Waals surface area (Å²) >= 11 is 0. The van der Waals surface area contributed by atoms with Crippen LogP contribution < -0.4 is 9.80 Å². The van der Waals surface area contributed by atoms with Crippen LogP contribution in [0.4, 0.5) is 17.1 Å². The highest BCUT2D eigenvalue weighted by atomic mass is 15.4. The quantitative estimate of drug-likeness (QED) is 0.578. The van der Waals surface area contributed by atoms with Crippen LogP contribution in [-0.2, 0) is 5.41 Å². The Morgan fingerprint density at radius 3 is 2.16 bits per heavy atom. The molecule has 0 saturated carbocycles. The molecule has 0 aliphatic carbocycles. The van der Waals surface area contributed by atoms with E-state index in [1.165, 1.54) is 33.8 Å². The van der Waals surface area contributed by atoms with Crippen LogP contribution in [0.2, 0.25) is 0 Å². The van der Waals surface area contributed by atoms with Gasteiger partial charge in [0.05, 0.1) is 11.4 Å². The van der Waals surface area contributed by atoms with Crippen molar-refractivity contribution in [2.75, 3.05) is 16.8 Å². The molecule has 2 aliphatic heterocycles. The van der Waals surface area contributed by atoms with Crippen LogP contribution in [0.1, 0.15) is 19.4 Å². The zero-order valence-corrected chi connectivity index (χ0v) is 14.9. The number of anilines is 3. The highest BCUT2D eigenvalue weighted by Crippen LogP contribution is 2.56. The maximum Gasteiger partial charge on any atom is 0.115 e. The van der Waals surface area contributed by atoms with E-state index in [0.717, 1.165) is 0 Å². The van der Waals surface area contributed by atoms with Crippen LogP contribution in [0.15, 0.2) is 72.8 Å². The Hall–Kier alpha value is -2.74. The molecule has 0 amide bonds. The Morgan fingerprint density at radius 2 is 1.40 bits per heavy atom. The fourth-order valence-electron chi connectivity index (χ4n) is 4.70. The number of hydrogen-bond donors (Lipinski definition) is 0. The summed E-state index contributed by atoms with van der Waals surface area (Å²) in [5, 5.41) is 0. The van der Waals surface area contributed by atoms with E-state index < -0.39 is 0 Å². The van der Waals surface area contributed by atoms with E-state index in [9.17, 15) is 0 Å². The molecule has 3 aromatic carbocycles. The first-order valence-electron chi connectivity index (χ1n) is 8.90. The minimum atomic E-state index is 0.0678. The average Bonchev–Trinajstić information content (AvgIpc) is 3.07. The van der Waals surface area contributed by atoms with E-state index in [2.05, 4.69) is 103 Å². The molecule has 25 heavy (non-hydrogen) atoms. The predicted molar refractivity (Wildman–Crippen MR) is 106 cm³/mol. The molecule has 1 unspecified atom stereocenters. The Kier molecular flexibility index (Phi) is 2.85. The van der Waals surface area contributed by atoms with E-state index in [1.54, 1.807) is 0 Å². The van der Waals surface area contributed by atoms with E-state index in [4.69, 9.17) is 0 Å². The fourth-order valence-corrected chi connectivity index (χ4v) is 4.70. The van der Waals surface area contributed by atoms with Gasteiger partial charge in [0.15, 0.2) is 0 Å². The molecule has 0 saturated heterocycles. The van der Waals surface area contributed by atoms with Crippen LogP contribution in [0.3, 0.4) is 0 Å². The number of fused-ring (bicyclic) bond motifs is 5. The Balaban J connectivity index is 1.73. The van der Waals surface area contributed by atoms with E-state index in [0.29, 0.717) is 6.17 Å². The van der Waals surface area contributed by atoms with Gasteiger partial charge in [0.25, 0.3) is 0 Å². The Morgan fingerprint density at radius 1 is 0.720 bits per heavy atom. The van der Waals surface area contributed by atoms with Crippen molar-refractivity contribution in [2.45, 2.75) is 25.4 Å². The third kappa shape index (κ3) is 1.85. The van der Waals surface area contributed by atoms with Gasteiger partial charge in [-0.05, 0) is 34.9 Å². The van der Waals surface area contributed by atoms with E-state index in [1.807, 2.05) is 0 Å². The SMILES string of the molecule is CN1c2ccccc2N2c3cc(-c4ccccc4)ccc3C(C)(C)C12. The van der Waals surface area contributed by atoms with Crippen LogP contribution in [0.5, 0.6) is 0 Å². The summed E-state index contributed by atoms with van der Waals surface area (Å²) in [6.07, 6.45) is 0.325. The summed E-state index contributed by atoms with van der Waals surface area (Å²) in [4.78, 5) is 4.95. The average molecular weight is 326 g/mol. The minimum Gasteiger partial charge on any atom is -0.352 e. The van der Waals surface area contributed by atoms with Gasteiger partial charge in [-0.25, -0.2) is 0 Å². The molecule has 2 nitrogen and oxygen atoms in total. The molecule has 0 spiro atoms. The lowest BCUT2D eigenvalue weighted by Gasteiger charge is -2.34. The maximum atomic E-state index is 2.52. The monoisotopic (exact) mass is 326 g/mol. The van der Waals surface area contributed by atoms with Crippen molar-refractivity contribution >= 4 is 17.1 Å². The third-order valence-corrected chi connectivity index (χ3v) is 5.84. The van der Waals surface area contributed by atoms with Gasteiger partial charge >= 0.3 is 0 Å². The lowest BCUT2D eigenvalue weighted by atomic mass is 9.83. The molecule has 5 rings (SSSR count). The molecule has 124 valence electrons. The first kappa shape index (κ1) is 14.6. The molecule has 0 N–H and O–H groups in total. The molecular weight excluding hydrogens is 304 g/mol. The number of hydrogen-bond acceptors (Lipinski definition) is 2. The van der Waals surface area contributed by atoms with Gasteiger partial charge in [-0.2, -0.15) is 0 Å². The summed E-state index contributed by atoms with van der Waals surface area (Å²) in [5.41, 5.74) is 8.02. The molecule has 2 aliphatic rings. The van der Waals surface area contributed by atoms with Crippen LogP contribution in [-0.4, -0.2) is 13.2 Å². The highest BCUT2D eigenvalue weighted by Gasteiger charge is 2.51. The molecule has 0 bridgehead atoms. The second-order valence-corrected chi connectivity index (χ2v) is 7.66. The summed E-state index contributed by atoms with van der Waals surface area (Å²) in [6.45, 7) is 4.72. The summed E-state index contributed by atoms with van der Waals surface area (Å²) in [7, 11) is 2.22. The highest BCUT2D eigenvalue weighted by molar-refractivity contribution is 5.90. The van der Waals surface area contributed by atoms with Crippen molar-refractivity contribution < 1.29 is 0 Å². The number of rotatable bonds is 1. The lowest BCUT2D eigenvalue weighted by Crippen LogP contribution is -2.46. The third-order valence-electron chi connectivity index (χ3n) is 5.84. The molecule has 1 atom stereocenters. The second-order valence-electron chi connectivity index (χ2n) is 7.66. The zero-order chi connectivity index (χ0) is 17.2. The zero-order valence-electron chi connectivity index (χ0n) is 14.9. The first-order valence-corrected chi connectivity index (χ1v) is 8.90. The van der Waals surface area contributed by atoms with Crippen molar-refractivity contribution in [3.05, 3.63) is 78.4 Å². The number of nitrogens with zero attached hydrogens (tertiary/aromatic N) is 2. The summed E-state index contributed by atoms with van der Waals surface area (Å²) in [5.74, 6) is 0. The summed E-state index contributed by atoms with van der Waals surface area (Å²) < 4.78 is 0. The van der Waals surface area contributed by atoms with Crippen molar-refractivity contribution in [3.63, 3.8) is 0 Å². The summed E-state index contributed by atoms with van der Waals surface area (Å²) in [6, 6.07) is 26.3. The minimum absolute atomic E-state index is 0.0678. The molecule has 0 aromatic heterocycles. The van der Waals surface area contributed by atoms with Crippen molar-refractivity contribution in [1.29, 1.82) is 0 Å². The van der Waals surface area contributed by atoms with Crippen molar-refractivity contribution in [3.8, 4) is 11.1 Å². The number of benzene rings is 3. The largest absolute Gasteiger partial charge is 0.352 e. The van der Waals surface area contributed by atoms with E-state index >= 15 is 0 Å². The second kappa shape index (κ2) is 4.89. The molecule has 0 radical (unpaired) electrons. The smallest absolute Gasteiger partial charge is 0.115 e. The van der Waals surface area contributed by atoms with Crippen LogP contribution >= 0.6 is 0 Å². The molecule has 0 fully saturated rings. The molecular formula is C23H22N2.